The molecule has 4 heterocycles. The van der Waals surface area contributed by atoms with Crippen molar-refractivity contribution in [1.29, 1.82) is 5.26 Å². The summed E-state index contributed by atoms with van der Waals surface area (Å²) in [6.07, 6.45) is -0.178. The minimum atomic E-state index is -1.42. The van der Waals surface area contributed by atoms with E-state index in [4.69, 9.17) is 9.47 Å². The molecule has 14 heteroatoms. The van der Waals surface area contributed by atoms with Gasteiger partial charge in [0, 0.05) is 49.0 Å². The third-order valence-corrected chi connectivity index (χ3v) is 9.16. The number of nitrogens with zero attached hydrogens (tertiary/aromatic N) is 7. The highest BCUT2D eigenvalue weighted by atomic mass is 19.1. The first kappa shape index (κ1) is 30.6. The molecule has 0 spiro atoms. The number of ether oxygens (including phenoxy) is 2. The van der Waals surface area contributed by atoms with E-state index >= 15 is 4.39 Å². The summed E-state index contributed by atoms with van der Waals surface area (Å²) in [6, 6.07) is 15.2. The smallest absolute Gasteiger partial charge is 0.341 e. The van der Waals surface area contributed by atoms with E-state index in [1.165, 1.54) is 6.33 Å². The molecule has 47 heavy (non-hydrogen) atoms. The average Bonchev–Trinajstić information content (AvgIpc) is 3.51. The monoisotopic (exact) mass is 639 g/mol. The standard InChI is InChI=1S/C33H34FN9O4/c34-26-14-20(30(44)27-16-36-33(45)40-27)1-8-29(26)47-28-7-2-21(13-22(28)15-35)31-37-19-38-32(41-31)39-23-3-5-24(6-4-23)42-9-11-43(12-10-42)25-17-46-18-25/h2-7,13,19-20,25-26,29H,1,8-12,14,16-18H2,(H,36,45)(H,37,38,39,41)/t20?,26-,29+/m1/s1. The first-order valence-corrected chi connectivity index (χ1v) is 15.8. The molecule has 3 aliphatic heterocycles. The number of amides is 2. The lowest BCUT2D eigenvalue weighted by Crippen LogP contribution is -2.56. The van der Waals surface area contributed by atoms with E-state index in [2.05, 4.69) is 58.6 Å². The maximum Gasteiger partial charge on any atom is 0.341 e. The number of carbonyl (C=O) groups excluding carboxylic acids is 2. The number of benzene rings is 2. The second kappa shape index (κ2) is 13.4. The number of hydrogen-bond donors (Lipinski definition) is 2. The van der Waals surface area contributed by atoms with Gasteiger partial charge in [0.25, 0.3) is 0 Å². The summed E-state index contributed by atoms with van der Waals surface area (Å²) in [5, 5.41) is 15.6. The van der Waals surface area contributed by atoms with Gasteiger partial charge in [0.05, 0.1) is 31.4 Å². The lowest BCUT2D eigenvalue weighted by atomic mass is 9.82. The van der Waals surface area contributed by atoms with Crippen LogP contribution in [0.15, 0.2) is 53.8 Å². The zero-order valence-corrected chi connectivity index (χ0v) is 25.6. The minimum Gasteiger partial charge on any atom is -0.486 e. The molecule has 242 valence electrons. The zero-order valence-electron chi connectivity index (χ0n) is 25.6. The maximum atomic E-state index is 15.2. The van der Waals surface area contributed by atoms with Crippen LogP contribution in [0.1, 0.15) is 24.8 Å². The van der Waals surface area contributed by atoms with E-state index < -0.39 is 24.2 Å². The Morgan fingerprint density at radius 1 is 1.09 bits per heavy atom. The van der Waals surface area contributed by atoms with Gasteiger partial charge < -0.3 is 25.0 Å². The average molecular weight is 640 g/mol. The molecule has 7 rings (SSSR count). The molecule has 1 saturated carbocycles. The van der Waals surface area contributed by atoms with Gasteiger partial charge >= 0.3 is 6.03 Å². The highest BCUT2D eigenvalue weighted by Crippen LogP contribution is 2.33. The Bertz CT molecular complexity index is 1720. The fourth-order valence-electron chi connectivity index (χ4n) is 6.38. The molecule has 2 saturated heterocycles. The molecule has 4 aliphatic rings. The molecule has 3 fully saturated rings. The van der Waals surface area contributed by atoms with Crippen molar-refractivity contribution in [3.63, 3.8) is 0 Å². The van der Waals surface area contributed by atoms with Gasteiger partial charge in [0.2, 0.25) is 5.95 Å². The third-order valence-electron chi connectivity index (χ3n) is 9.16. The van der Waals surface area contributed by atoms with Gasteiger partial charge in [-0.05, 0) is 61.7 Å². The lowest BCUT2D eigenvalue weighted by molar-refractivity contribution is -0.119. The van der Waals surface area contributed by atoms with Gasteiger partial charge in [-0.15, -0.1) is 0 Å². The number of rotatable bonds is 9. The number of carbonyl (C=O) groups is 2. The first-order valence-electron chi connectivity index (χ1n) is 15.8. The molecule has 13 nitrogen and oxygen atoms in total. The van der Waals surface area contributed by atoms with Crippen molar-refractivity contribution in [3.8, 4) is 23.2 Å². The molecule has 1 aliphatic carbocycles. The van der Waals surface area contributed by atoms with Crippen molar-refractivity contribution < 1.29 is 23.5 Å². The number of ketones is 1. The number of piperazine rings is 1. The fourth-order valence-corrected chi connectivity index (χ4v) is 6.38. The largest absolute Gasteiger partial charge is 0.486 e. The first-order chi connectivity index (χ1) is 22.9. The van der Waals surface area contributed by atoms with Crippen LogP contribution in [0.5, 0.6) is 5.75 Å². The maximum absolute atomic E-state index is 15.2. The van der Waals surface area contributed by atoms with Crippen LogP contribution in [0, 0.1) is 17.2 Å². The Labute approximate surface area is 270 Å². The number of hydrogen-bond acceptors (Lipinski definition) is 11. The number of nitriles is 1. The summed E-state index contributed by atoms with van der Waals surface area (Å²) in [5.41, 5.74) is 2.93. The number of nitrogens with one attached hydrogen (secondary N) is 2. The zero-order chi connectivity index (χ0) is 32.3. The topological polar surface area (TPSA) is 158 Å². The molecule has 1 aromatic heterocycles. The summed E-state index contributed by atoms with van der Waals surface area (Å²) >= 11 is 0. The number of aliphatic imine (C=N–C) groups is 1. The van der Waals surface area contributed by atoms with E-state index in [0.717, 1.165) is 50.8 Å². The number of Topliss-reactive ketones (excluding diaryl/α,β-unsaturated/α-hetero) is 1. The highest BCUT2D eigenvalue weighted by Gasteiger charge is 2.38. The molecular formula is C33H34FN9O4. The number of alkyl halides is 1. The molecule has 2 N–H and O–H groups in total. The molecule has 3 atom stereocenters. The van der Waals surface area contributed by atoms with Gasteiger partial charge in [-0.1, -0.05) is 0 Å². The predicted molar refractivity (Wildman–Crippen MR) is 171 cm³/mol. The Kier molecular flexibility index (Phi) is 8.73. The molecule has 2 aromatic carbocycles. The van der Waals surface area contributed by atoms with E-state index in [1.807, 2.05) is 12.1 Å². The van der Waals surface area contributed by atoms with Crippen molar-refractivity contribution in [3.05, 3.63) is 54.4 Å². The summed E-state index contributed by atoms with van der Waals surface area (Å²) in [5.74, 6) is 0.0940. The molecule has 0 radical (unpaired) electrons. The van der Waals surface area contributed by atoms with Gasteiger partial charge in [-0.25, -0.2) is 19.2 Å². The number of urea groups is 1. The molecule has 3 aromatic rings. The second-order valence-corrected chi connectivity index (χ2v) is 12.1. The molecular weight excluding hydrogens is 605 g/mol. The van der Waals surface area contributed by atoms with E-state index in [0.29, 0.717) is 29.8 Å². The van der Waals surface area contributed by atoms with Crippen molar-refractivity contribution >= 4 is 34.8 Å². The van der Waals surface area contributed by atoms with E-state index in [1.54, 1.807) is 18.2 Å². The minimum absolute atomic E-state index is 0.0341. The quantitative estimate of drug-likeness (QED) is 0.354. The van der Waals surface area contributed by atoms with E-state index in [9.17, 15) is 14.9 Å². The van der Waals surface area contributed by atoms with E-state index in [-0.39, 0.29) is 42.2 Å². The van der Waals surface area contributed by atoms with Gasteiger partial charge in [0.15, 0.2) is 11.6 Å². The SMILES string of the molecule is N#Cc1cc(-c2ncnc(Nc3ccc(N4CCN(C5COC5)CC4)cc3)n2)ccc1O[C@H]1CCC(C(=O)C2=NC(=O)NC2)C[C@H]1F. The Morgan fingerprint density at radius 3 is 2.57 bits per heavy atom. The Morgan fingerprint density at radius 2 is 1.89 bits per heavy atom. The van der Waals surface area contributed by atoms with Crippen molar-refractivity contribution in [1.82, 2.24) is 25.2 Å². The molecule has 0 bridgehead atoms. The van der Waals surface area contributed by atoms with Gasteiger partial charge in [-0.3, -0.25) is 9.69 Å². The number of anilines is 3. The van der Waals surface area contributed by atoms with Crippen molar-refractivity contribution in [2.24, 2.45) is 10.9 Å². The van der Waals surface area contributed by atoms with Gasteiger partial charge in [0.1, 0.15) is 36.1 Å². The van der Waals surface area contributed by atoms with Crippen molar-refractivity contribution in [2.75, 3.05) is 56.2 Å². The lowest BCUT2D eigenvalue weighted by Gasteiger charge is -2.43. The van der Waals surface area contributed by atoms with Crippen LogP contribution in [0.2, 0.25) is 0 Å². The summed E-state index contributed by atoms with van der Waals surface area (Å²) in [6.45, 7) is 5.77. The normalized spacial score (nSPS) is 23.3. The fraction of sp³-hybridized carbons (Fsp3) is 0.424. The predicted octanol–water partition coefficient (Wildman–Crippen LogP) is 3.29. The van der Waals surface area contributed by atoms with Crippen LogP contribution in [0.4, 0.5) is 26.5 Å². The van der Waals surface area contributed by atoms with Crippen LogP contribution in [-0.2, 0) is 9.53 Å². The second-order valence-electron chi connectivity index (χ2n) is 12.1. The van der Waals surface area contributed by atoms with Crippen LogP contribution >= 0.6 is 0 Å². The summed E-state index contributed by atoms with van der Waals surface area (Å²) in [4.78, 5) is 45.7. The summed E-state index contributed by atoms with van der Waals surface area (Å²) < 4.78 is 26.4. The Balaban J connectivity index is 0.962. The van der Waals surface area contributed by atoms with Crippen LogP contribution in [0.25, 0.3) is 11.4 Å². The summed E-state index contributed by atoms with van der Waals surface area (Å²) in [7, 11) is 0. The number of aromatic nitrogens is 3. The number of halogens is 1. The van der Waals surface area contributed by atoms with Crippen LogP contribution in [0.3, 0.4) is 0 Å². The van der Waals surface area contributed by atoms with Crippen molar-refractivity contribution in [2.45, 2.75) is 37.6 Å². The highest BCUT2D eigenvalue weighted by molar-refractivity contribution is 6.44. The van der Waals surface area contributed by atoms with Gasteiger partial charge in [-0.2, -0.15) is 15.2 Å². The van der Waals surface area contributed by atoms with Crippen LogP contribution in [-0.4, -0.2) is 102 Å². The van der Waals surface area contributed by atoms with Crippen LogP contribution < -0.4 is 20.3 Å². The Hall–Kier alpha value is -5.00. The third kappa shape index (κ3) is 6.77. The molecule has 1 unspecified atom stereocenters. The molecule has 2 amide bonds.